The molecule has 138 valence electrons. The number of carboxylic acids is 1. The van der Waals surface area contributed by atoms with Crippen molar-refractivity contribution >= 4 is 5.97 Å². The van der Waals surface area contributed by atoms with Crippen LogP contribution in [0.25, 0.3) is 0 Å². The molecule has 0 aliphatic heterocycles. The van der Waals surface area contributed by atoms with Crippen LogP contribution in [0.4, 0.5) is 0 Å². The topological polar surface area (TPSA) is 46.5 Å². The van der Waals surface area contributed by atoms with Crippen molar-refractivity contribution in [3.63, 3.8) is 0 Å². The van der Waals surface area contributed by atoms with Gasteiger partial charge in [0, 0.05) is 0 Å². The zero-order valence-electron chi connectivity index (χ0n) is 15.3. The number of unbranched alkanes of at least 4 members (excludes halogenated alkanes) is 8. The van der Waals surface area contributed by atoms with Gasteiger partial charge in [-0.25, -0.2) is 4.79 Å². The minimum atomic E-state index is -0.913. The van der Waals surface area contributed by atoms with Gasteiger partial charge in [0.25, 0.3) is 0 Å². The number of hydrogen-bond acceptors (Lipinski definition) is 2. The number of hydrogen-bond donors (Lipinski definition) is 1. The molecule has 1 aromatic carbocycles. The highest BCUT2D eigenvalue weighted by Crippen LogP contribution is 2.13. The van der Waals surface area contributed by atoms with Crippen LogP contribution in [0.1, 0.15) is 74.6 Å². The summed E-state index contributed by atoms with van der Waals surface area (Å²) in [5, 5.41) is 8.83. The quantitative estimate of drug-likeness (QED) is 0.295. The van der Waals surface area contributed by atoms with Crippen LogP contribution in [0.2, 0.25) is 0 Å². The molecule has 0 heterocycles. The summed E-state index contributed by atoms with van der Waals surface area (Å²) in [5.74, 6) is -0.188. The summed E-state index contributed by atoms with van der Waals surface area (Å²) in [6, 6.07) is 6.54. The summed E-state index contributed by atoms with van der Waals surface area (Å²) >= 11 is 0. The molecule has 0 bridgehead atoms. The Morgan fingerprint density at radius 3 is 2.04 bits per heavy atom. The Hall–Kier alpha value is -2.03. The molecule has 25 heavy (non-hydrogen) atoms. The maximum absolute atomic E-state index is 10.8. The third-order valence-corrected chi connectivity index (χ3v) is 4.08. The van der Waals surface area contributed by atoms with E-state index in [9.17, 15) is 4.79 Å². The van der Waals surface area contributed by atoms with E-state index >= 15 is 0 Å². The fourth-order valence-corrected chi connectivity index (χ4v) is 2.58. The Morgan fingerprint density at radius 2 is 1.44 bits per heavy atom. The highest BCUT2D eigenvalue weighted by molar-refractivity contribution is 5.87. The first-order valence-corrected chi connectivity index (χ1v) is 9.46. The summed E-state index contributed by atoms with van der Waals surface area (Å²) in [5.41, 5.74) is 0.284. The molecule has 3 nitrogen and oxygen atoms in total. The van der Waals surface area contributed by atoms with Gasteiger partial charge in [-0.1, -0.05) is 43.9 Å². The minimum absolute atomic E-state index is 0.284. The van der Waals surface area contributed by atoms with Crippen molar-refractivity contribution in [3.8, 4) is 5.75 Å². The van der Waals surface area contributed by atoms with Gasteiger partial charge in [-0.05, 0) is 62.8 Å². The maximum atomic E-state index is 10.8. The van der Waals surface area contributed by atoms with Gasteiger partial charge in [0.1, 0.15) is 5.75 Å². The second-order valence-electron chi connectivity index (χ2n) is 6.28. The standard InChI is InChI=1S/C22H32O3/c1-2-3-4-5-6-7-8-9-10-11-12-13-14-19-25-21-17-15-20(16-18-21)22(23)24/h2,11-12,15-18H,1,3-10,13-14,19H2,(H,23,24)/b12-11+. The van der Waals surface area contributed by atoms with Crippen LogP contribution in [-0.2, 0) is 0 Å². The fraction of sp³-hybridized carbons (Fsp3) is 0.500. The number of carboxylic acid groups (broad SMARTS) is 1. The molecule has 0 fully saturated rings. The lowest BCUT2D eigenvalue weighted by molar-refractivity contribution is 0.0697. The third-order valence-electron chi connectivity index (χ3n) is 4.08. The van der Waals surface area contributed by atoms with Crippen LogP contribution in [0.5, 0.6) is 5.75 Å². The molecule has 0 aliphatic rings. The van der Waals surface area contributed by atoms with Crippen molar-refractivity contribution in [2.45, 2.75) is 64.2 Å². The molecule has 0 aliphatic carbocycles. The Labute approximate surface area is 152 Å². The molecule has 1 N–H and O–H groups in total. The molecule has 0 saturated heterocycles. The first kappa shape index (κ1) is 21.0. The lowest BCUT2D eigenvalue weighted by Gasteiger charge is -2.05. The van der Waals surface area contributed by atoms with E-state index in [1.54, 1.807) is 24.3 Å². The predicted octanol–water partition coefficient (Wildman–Crippen LogP) is 6.41. The number of allylic oxidation sites excluding steroid dienone is 3. The van der Waals surface area contributed by atoms with Crippen molar-refractivity contribution < 1.29 is 14.6 Å². The molecule has 3 heteroatoms. The van der Waals surface area contributed by atoms with E-state index in [-0.39, 0.29) is 5.56 Å². The summed E-state index contributed by atoms with van der Waals surface area (Å²) in [6.45, 7) is 4.40. The molecule has 0 radical (unpaired) electrons. The van der Waals surface area contributed by atoms with Gasteiger partial charge in [0.05, 0.1) is 12.2 Å². The largest absolute Gasteiger partial charge is 0.494 e. The first-order valence-electron chi connectivity index (χ1n) is 9.46. The molecule has 0 saturated carbocycles. The van der Waals surface area contributed by atoms with Gasteiger partial charge in [-0.15, -0.1) is 6.58 Å². The highest BCUT2D eigenvalue weighted by Gasteiger charge is 2.01. The van der Waals surface area contributed by atoms with Crippen molar-refractivity contribution in [1.29, 1.82) is 0 Å². The summed E-state index contributed by atoms with van der Waals surface area (Å²) < 4.78 is 5.61. The molecule has 0 aromatic heterocycles. The molecular weight excluding hydrogens is 312 g/mol. The van der Waals surface area contributed by atoms with Gasteiger partial charge in [-0.3, -0.25) is 0 Å². The number of ether oxygens (including phenoxy) is 1. The zero-order chi connectivity index (χ0) is 18.2. The monoisotopic (exact) mass is 344 g/mol. The van der Waals surface area contributed by atoms with Crippen LogP contribution in [0.3, 0.4) is 0 Å². The first-order chi connectivity index (χ1) is 12.2. The predicted molar refractivity (Wildman–Crippen MR) is 104 cm³/mol. The molecule has 0 unspecified atom stereocenters. The van der Waals surface area contributed by atoms with E-state index in [2.05, 4.69) is 18.7 Å². The average Bonchev–Trinajstić information content (AvgIpc) is 2.62. The summed E-state index contributed by atoms with van der Waals surface area (Å²) in [4.78, 5) is 10.8. The van der Waals surface area contributed by atoms with E-state index in [0.717, 1.165) is 25.0 Å². The van der Waals surface area contributed by atoms with Gasteiger partial charge in [0.2, 0.25) is 0 Å². The van der Waals surface area contributed by atoms with Gasteiger partial charge >= 0.3 is 5.97 Å². The van der Waals surface area contributed by atoms with Crippen LogP contribution >= 0.6 is 0 Å². The van der Waals surface area contributed by atoms with E-state index in [0.29, 0.717) is 6.61 Å². The van der Waals surface area contributed by atoms with Gasteiger partial charge < -0.3 is 9.84 Å². The van der Waals surface area contributed by atoms with E-state index in [4.69, 9.17) is 9.84 Å². The molecule has 1 aromatic rings. The molecule has 1 rings (SSSR count). The lowest BCUT2D eigenvalue weighted by atomic mass is 10.1. The van der Waals surface area contributed by atoms with E-state index in [1.807, 2.05) is 6.08 Å². The summed E-state index contributed by atoms with van der Waals surface area (Å²) in [7, 11) is 0. The van der Waals surface area contributed by atoms with Gasteiger partial charge in [-0.2, -0.15) is 0 Å². The number of aromatic carboxylic acids is 1. The Bertz CT molecular complexity index is 503. The smallest absolute Gasteiger partial charge is 0.335 e. The normalized spacial score (nSPS) is 10.9. The van der Waals surface area contributed by atoms with E-state index < -0.39 is 5.97 Å². The molecule has 0 amide bonds. The van der Waals surface area contributed by atoms with Crippen LogP contribution in [0.15, 0.2) is 49.1 Å². The van der Waals surface area contributed by atoms with Crippen molar-refractivity contribution in [1.82, 2.24) is 0 Å². The van der Waals surface area contributed by atoms with E-state index in [1.165, 1.54) is 44.9 Å². The van der Waals surface area contributed by atoms with Crippen LogP contribution < -0.4 is 4.74 Å². The second-order valence-corrected chi connectivity index (χ2v) is 6.28. The number of carbonyl (C=O) groups is 1. The summed E-state index contributed by atoms with van der Waals surface area (Å²) in [6.07, 6.45) is 18.8. The minimum Gasteiger partial charge on any atom is -0.494 e. The SMILES string of the molecule is C=CCCCCCCCC/C=C/CCCOc1ccc(C(=O)O)cc1. The second kappa shape index (κ2) is 14.3. The Kier molecular flexibility index (Phi) is 12.0. The van der Waals surface area contributed by atoms with Crippen LogP contribution in [0, 0.1) is 0 Å². The molecule has 0 atom stereocenters. The lowest BCUT2D eigenvalue weighted by Crippen LogP contribution is -1.98. The molecule has 0 spiro atoms. The van der Waals surface area contributed by atoms with Crippen molar-refractivity contribution in [3.05, 3.63) is 54.6 Å². The van der Waals surface area contributed by atoms with Crippen LogP contribution in [-0.4, -0.2) is 17.7 Å². The van der Waals surface area contributed by atoms with Gasteiger partial charge in [0.15, 0.2) is 0 Å². The van der Waals surface area contributed by atoms with Crippen molar-refractivity contribution in [2.75, 3.05) is 6.61 Å². The van der Waals surface area contributed by atoms with Crippen molar-refractivity contribution in [2.24, 2.45) is 0 Å². The Balaban J connectivity index is 1.93. The fourth-order valence-electron chi connectivity index (χ4n) is 2.58. The molecular formula is C22H32O3. The zero-order valence-corrected chi connectivity index (χ0v) is 15.3. The Morgan fingerprint density at radius 1 is 0.880 bits per heavy atom. The highest BCUT2D eigenvalue weighted by atomic mass is 16.5. The average molecular weight is 344 g/mol. The number of rotatable bonds is 15. The maximum Gasteiger partial charge on any atom is 0.335 e. The number of benzene rings is 1. The third kappa shape index (κ3) is 11.2.